The molecule has 148 valence electrons. The van der Waals surface area contributed by atoms with E-state index in [4.69, 9.17) is 9.15 Å². The van der Waals surface area contributed by atoms with E-state index in [-0.39, 0.29) is 31.1 Å². The second-order valence-corrected chi connectivity index (χ2v) is 6.64. The first kappa shape index (κ1) is 19.0. The first-order valence-electron chi connectivity index (χ1n) is 9.16. The van der Waals surface area contributed by atoms with Crippen LogP contribution in [0.3, 0.4) is 0 Å². The highest BCUT2D eigenvalue weighted by Gasteiger charge is 2.15. The van der Waals surface area contributed by atoms with Crippen molar-refractivity contribution in [2.75, 3.05) is 6.61 Å². The summed E-state index contributed by atoms with van der Waals surface area (Å²) in [7, 11) is 0. The van der Waals surface area contributed by atoms with Crippen molar-refractivity contribution in [2.45, 2.75) is 19.3 Å². The van der Waals surface area contributed by atoms with Gasteiger partial charge in [-0.25, -0.2) is 9.07 Å². The van der Waals surface area contributed by atoms with Gasteiger partial charge < -0.3 is 14.3 Å². The zero-order valence-electron chi connectivity index (χ0n) is 15.5. The van der Waals surface area contributed by atoms with E-state index in [2.05, 4.69) is 5.10 Å². The molecule has 0 aliphatic carbocycles. The molecule has 0 amide bonds. The number of fused-ring (bicyclic) bond motifs is 1. The molecule has 7 heteroatoms. The van der Waals surface area contributed by atoms with Crippen LogP contribution in [0, 0.1) is 5.82 Å². The smallest absolute Gasteiger partial charge is 0.274 e. The van der Waals surface area contributed by atoms with Crippen LogP contribution >= 0.6 is 0 Å². The fraction of sp³-hybridized carbons (Fsp3) is 0.182. The van der Waals surface area contributed by atoms with Gasteiger partial charge in [-0.15, -0.1) is 0 Å². The van der Waals surface area contributed by atoms with Crippen LogP contribution in [-0.2, 0) is 17.9 Å². The summed E-state index contributed by atoms with van der Waals surface area (Å²) in [6.07, 6.45) is 0.613. The Labute approximate surface area is 165 Å². The fourth-order valence-electron chi connectivity index (χ4n) is 3.12. The molecule has 0 saturated carbocycles. The van der Waals surface area contributed by atoms with Crippen molar-refractivity contribution in [2.24, 2.45) is 0 Å². The molecule has 1 N–H and O–H groups in total. The number of nitrogens with zero attached hydrogens (tertiary/aromatic N) is 2. The summed E-state index contributed by atoms with van der Waals surface area (Å²) in [5, 5.41) is 15.9. The summed E-state index contributed by atoms with van der Waals surface area (Å²) in [4.78, 5) is 12.8. The van der Waals surface area contributed by atoms with E-state index < -0.39 is 6.10 Å². The minimum atomic E-state index is -0.933. The van der Waals surface area contributed by atoms with Gasteiger partial charge in [0.25, 0.3) is 5.56 Å². The average Bonchev–Trinajstić information content (AvgIpc) is 3.24. The number of hydrogen-bond acceptors (Lipinski definition) is 5. The zero-order chi connectivity index (χ0) is 20.2. The highest BCUT2D eigenvalue weighted by atomic mass is 19.1. The van der Waals surface area contributed by atoms with Crippen molar-refractivity contribution in [3.05, 3.63) is 88.9 Å². The van der Waals surface area contributed by atoms with Crippen molar-refractivity contribution in [1.82, 2.24) is 9.78 Å². The number of benzene rings is 2. The number of furan rings is 1. The maximum absolute atomic E-state index is 13.3. The van der Waals surface area contributed by atoms with E-state index in [1.165, 1.54) is 16.8 Å². The molecule has 1 atom stereocenters. The highest BCUT2D eigenvalue weighted by Crippen LogP contribution is 2.24. The number of halogens is 1. The fourth-order valence-corrected chi connectivity index (χ4v) is 3.12. The van der Waals surface area contributed by atoms with E-state index >= 15 is 0 Å². The van der Waals surface area contributed by atoms with Gasteiger partial charge in [0.15, 0.2) is 0 Å². The molecule has 2 aromatic heterocycles. The Morgan fingerprint density at radius 3 is 2.55 bits per heavy atom. The van der Waals surface area contributed by atoms with Crippen molar-refractivity contribution >= 4 is 10.8 Å². The first-order valence-corrected chi connectivity index (χ1v) is 9.16. The molecule has 0 aliphatic rings. The summed E-state index contributed by atoms with van der Waals surface area (Å²) in [5.41, 5.74) is 0.917. The minimum Gasteiger partial charge on any atom is -0.467 e. The summed E-state index contributed by atoms with van der Waals surface area (Å²) in [6.45, 7) is 0.217. The largest absolute Gasteiger partial charge is 0.467 e. The van der Waals surface area contributed by atoms with Crippen LogP contribution < -0.4 is 5.56 Å². The summed E-state index contributed by atoms with van der Waals surface area (Å²) in [6, 6.07) is 16.5. The van der Waals surface area contributed by atoms with Crippen LogP contribution in [0.25, 0.3) is 22.0 Å². The molecular formula is C22H19FN2O4. The monoisotopic (exact) mass is 394 g/mol. The Morgan fingerprint density at radius 1 is 1.07 bits per heavy atom. The van der Waals surface area contributed by atoms with Crippen molar-refractivity contribution in [1.29, 1.82) is 0 Å². The van der Waals surface area contributed by atoms with Crippen LogP contribution in [0.5, 0.6) is 0 Å². The third-order valence-electron chi connectivity index (χ3n) is 4.50. The molecular weight excluding hydrogens is 375 g/mol. The van der Waals surface area contributed by atoms with Crippen LogP contribution in [0.4, 0.5) is 4.39 Å². The molecule has 6 nitrogen and oxygen atoms in total. The predicted molar refractivity (Wildman–Crippen MR) is 106 cm³/mol. The summed E-state index contributed by atoms with van der Waals surface area (Å²) in [5.74, 6) is 0.298. The normalized spacial score (nSPS) is 12.3. The van der Waals surface area contributed by atoms with Gasteiger partial charge in [0.1, 0.15) is 18.2 Å². The van der Waals surface area contributed by atoms with Gasteiger partial charge in [-0.05, 0) is 42.5 Å². The topological polar surface area (TPSA) is 77.5 Å². The highest BCUT2D eigenvalue weighted by molar-refractivity contribution is 5.93. The van der Waals surface area contributed by atoms with Crippen LogP contribution in [0.2, 0.25) is 0 Å². The molecule has 0 fully saturated rings. The molecule has 0 bridgehead atoms. The van der Waals surface area contributed by atoms with Crippen LogP contribution in [-0.4, -0.2) is 27.6 Å². The molecule has 29 heavy (non-hydrogen) atoms. The van der Waals surface area contributed by atoms with E-state index in [0.29, 0.717) is 27.8 Å². The second-order valence-electron chi connectivity index (χ2n) is 6.64. The Morgan fingerprint density at radius 2 is 1.83 bits per heavy atom. The zero-order valence-corrected chi connectivity index (χ0v) is 15.5. The summed E-state index contributed by atoms with van der Waals surface area (Å²) >= 11 is 0. The molecule has 2 aromatic carbocycles. The molecule has 4 rings (SSSR count). The Balaban J connectivity index is 1.61. The average molecular weight is 394 g/mol. The number of hydrogen-bond donors (Lipinski definition) is 1. The van der Waals surface area contributed by atoms with Crippen LogP contribution in [0.1, 0.15) is 5.76 Å². The Hall–Kier alpha value is -3.29. The number of aromatic nitrogens is 2. The van der Waals surface area contributed by atoms with Crippen molar-refractivity contribution < 1.29 is 18.7 Å². The minimum absolute atomic E-state index is 0.0214. The number of aliphatic hydroxyl groups excluding tert-OH is 1. The molecule has 0 saturated heterocycles. The number of rotatable bonds is 7. The van der Waals surface area contributed by atoms with Gasteiger partial charge in [0.05, 0.1) is 36.6 Å². The van der Waals surface area contributed by atoms with Crippen molar-refractivity contribution in [3.63, 3.8) is 0 Å². The molecule has 1 unspecified atom stereocenters. The Kier molecular flexibility index (Phi) is 5.50. The van der Waals surface area contributed by atoms with E-state index in [9.17, 15) is 14.3 Å². The molecule has 0 aliphatic heterocycles. The lowest BCUT2D eigenvalue weighted by Gasteiger charge is -2.15. The quantitative estimate of drug-likeness (QED) is 0.520. The van der Waals surface area contributed by atoms with Gasteiger partial charge in [-0.3, -0.25) is 4.79 Å². The van der Waals surface area contributed by atoms with E-state index in [1.807, 2.05) is 6.07 Å². The maximum Gasteiger partial charge on any atom is 0.274 e. The van der Waals surface area contributed by atoms with E-state index in [0.717, 1.165) is 0 Å². The van der Waals surface area contributed by atoms with Gasteiger partial charge in [0.2, 0.25) is 0 Å². The standard InChI is InChI=1S/C22H19FN2O4/c23-16-9-7-15(8-10-16)21-19-5-1-2-6-20(19)22(27)25(24-21)12-17(26)13-28-14-18-4-3-11-29-18/h1-11,17,26H,12-14H2. The molecule has 2 heterocycles. The molecule has 4 aromatic rings. The predicted octanol–water partition coefficient (Wildman–Crippen LogP) is 3.37. The third kappa shape index (κ3) is 4.26. The van der Waals surface area contributed by atoms with Gasteiger partial charge in [0, 0.05) is 10.9 Å². The molecule has 0 spiro atoms. The maximum atomic E-state index is 13.3. The lowest BCUT2D eigenvalue weighted by molar-refractivity contribution is 0.0126. The van der Waals surface area contributed by atoms with E-state index in [1.54, 1.807) is 48.7 Å². The van der Waals surface area contributed by atoms with Crippen LogP contribution in [0.15, 0.2) is 76.1 Å². The summed E-state index contributed by atoms with van der Waals surface area (Å²) < 4.78 is 25.2. The third-order valence-corrected chi connectivity index (χ3v) is 4.50. The lowest BCUT2D eigenvalue weighted by Crippen LogP contribution is -2.31. The molecule has 0 radical (unpaired) electrons. The van der Waals surface area contributed by atoms with Crippen molar-refractivity contribution in [3.8, 4) is 11.3 Å². The number of ether oxygens (including phenoxy) is 1. The first-order chi connectivity index (χ1) is 14.1. The van der Waals surface area contributed by atoms with Gasteiger partial charge >= 0.3 is 0 Å². The van der Waals surface area contributed by atoms with Gasteiger partial charge in [-0.2, -0.15) is 5.10 Å². The number of aliphatic hydroxyl groups is 1. The van der Waals surface area contributed by atoms with Gasteiger partial charge in [-0.1, -0.05) is 18.2 Å². The second kappa shape index (κ2) is 8.38. The Bertz CT molecular complexity index is 1150. The SMILES string of the molecule is O=c1c2ccccc2c(-c2ccc(F)cc2)nn1CC(O)COCc1ccco1. The lowest BCUT2D eigenvalue weighted by atomic mass is 10.1.